The highest BCUT2D eigenvalue weighted by Gasteiger charge is 2.09. The molecule has 0 aliphatic carbocycles. The zero-order chi connectivity index (χ0) is 20.8. The summed E-state index contributed by atoms with van der Waals surface area (Å²) in [6, 6.07) is 18.6. The molecule has 3 rings (SSSR count). The summed E-state index contributed by atoms with van der Waals surface area (Å²) in [7, 11) is 0. The number of hydrogen-bond acceptors (Lipinski definition) is 3. The van der Waals surface area contributed by atoms with Gasteiger partial charge < -0.3 is 15.4 Å². The van der Waals surface area contributed by atoms with E-state index < -0.39 is 0 Å². The van der Waals surface area contributed by atoms with Gasteiger partial charge in [0.2, 0.25) is 0 Å². The number of rotatable bonds is 7. The number of aryl methyl sites for hydroxylation is 1. The lowest BCUT2D eigenvalue weighted by molar-refractivity contribution is -0.118. The molecule has 0 saturated heterocycles. The third kappa shape index (κ3) is 6.39. The number of benzene rings is 3. The number of carbonyl (C=O) groups is 1. The number of nitrogens with one attached hydrogen (secondary N) is 2. The fourth-order valence-electron chi connectivity index (χ4n) is 2.60. The van der Waals surface area contributed by atoms with Crippen molar-refractivity contribution in [3.8, 4) is 5.75 Å². The summed E-state index contributed by atoms with van der Waals surface area (Å²) < 4.78 is 6.42. The van der Waals surface area contributed by atoms with Crippen molar-refractivity contribution < 1.29 is 9.53 Å². The van der Waals surface area contributed by atoms with Gasteiger partial charge in [-0.2, -0.15) is 0 Å². The molecule has 3 aromatic carbocycles. The molecule has 0 saturated carbocycles. The normalized spacial score (nSPS) is 10.5. The van der Waals surface area contributed by atoms with Gasteiger partial charge in [-0.25, -0.2) is 0 Å². The Labute approximate surface area is 188 Å². The van der Waals surface area contributed by atoms with E-state index in [1.54, 1.807) is 12.1 Å². The summed E-state index contributed by atoms with van der Waals surface area (Å²) in [5.41, 5.74) is 3.66. The third-order valence-electron chi connectivity index (χ3n) is 4.17. The van der Waals surface area contributed by atoms with E-state index in [1.807, 2.05) is 55.5 Å². The molecule has 150 valence electrons. The van der Waals surface area contributed by atoms with Gasteiger partial charge in [0.1, 0.15) is 5.75 Å². The fourth-order valence-corrected chi connectivity index (χ4v) is 3.44. The first-order valence-corrected chi connectivity index (χ1v) is 10.4. The molecule has 4 nitrogen and oxygen atoms in total. The van der Waals surface area contributed by atoms with E-state index in [0.717, 1.165) is 21.3 Å². The zero-order valence-corrected chi connectivity index (χ0v) is 18.7. The van der Waals surface area contributed by atoms with Crippen molar-refractivity contribution in [1.82, 2.24) is 0 Å². The molecule has 0 atom stereocenters. The predicted octanol–water partition coefficient (Wildman–Crippen LogP) is 6.69. The van der Waals surface area contributed by atoms with E-state index in [9.17, 15) is 4.79 Å². The Hall–Kier alpha value is -2.21. The summed E-state index contributed by atoms with van der Waals surface area (Å²) >= 11 is 15.4. The molecule has 7 heteroatoms. The van der Waals surface area contributed by atoms with Crippen LogP contribution in [0, 0.1) is 6.92 Å². The Kier molecular flexibility index (Phi) is 7.42. The molecular weight excluding hydrogens is 475 g/mol. The Bertz CT molecular complexity index is 1010. The second kappa shape index (κ2) is 10.0. The molecule has 1 amide bonds. The highest BCUT2D eigenvalue weighted by atomic mass is 79.9. The van der Waals surface area contributed by atoms with Gasteiger partial charge in [0.15, 0.2) is 6.61 Å². The third-order valence-corrected chi connectivity index (χ3v) is 5.28. The second-order valence-corrected chi connectivity index (χ2v) is 8.15. The van der Waals surface area contributed by atoms with Gasteiger partial charge in [0, 0.05) is 28.0 Å². The van der Waals surface area contributed by atoms with Crippen LogP contribution in [-0.4, -0.2) is 12.5 Å². The van der Waals surface area contributed by atoms with Crippen LogP contribution in [0.4, 0.5) is 11.4 Å². The molecule has 2 N–H and O–H groups in total. The highest BCUT2D eigenvalue weighted by molar-refractivity contribution is 9.10. The molecule has 0 aliphatic rings. The number of ether oxygens (including phenoxy) is 1. The number of halogens is 3. The number of anilines is 2. The topological polar surface area (TPSA) is 50.4 Å². The highest BCUT2D eigenvalue weighted by Crippen LogP contribution is 2.27. The summed E-state index contributed by atoms with van der Waals surface area (Å²) in [6.45, 7) is 2.45. The molecule has 0 fully saturated rings. The van der Waals surface area contributed by atoms with Crippen LogP contribution < -0.4 is 15.4 Å². The first kappa shape index (κ1) is 21.5. The molecule has 0 unspecified atom stereocenters. The van der Waals surface area contributed by atoms with Crippen molar-refractivity contribution >= 4 is 56.4 Å². The minimum absolute atomic E-state index is 0.104. The van der Waals surface area contributed by atoms with Crippen LogP contribution in [0.1, 0.15) is 11.1 Å². The maximum atomic E-state index is 12.2. The van der Waals surface area contributed by atoms with Crippen molar-refractivity contribution in [2.75, 3.05) is 17.2 Å². The van der Waals surface area contributed by atoms with Crippen molar-refractivity contribution in [2.24, 2.45) is 0 Å². The van der Waals surface area contributed by atoms with Gasteiger partial charge in [-0.1, -0.05) is 35.3 Å². The van der Waals surface area contributed by atoms with Crippen LogP contribution in [0.2, 0.25) is 10.0 Å². The zero-order valence-electron chi connectivity index (χ0n) is 15.6. The van der Waals surface area contributed by atoms with E-state index in [-0.39, 0.29) is 12.5 Å². The van der Waals surface area contributed by atoms with Crippen molar-refractivity contribution in [3.05, 3.63) is 86.3 Å². The fraction of sp³-hybridized carbons (Fsp3) is 0.136. The van der Waals surface area contributed by atoms with Crippen LogP contribution in [0.25, 0.3) is 0 Å². The summed E-state index contributed by atoms with van der Waals surface area (Å²) in [5.74, 6) is 0.342. The molecule has 3 aromatic rings. The number of amides is 1. The minimum atomic E-state index is -0.254. The van der Waals surface area contributed by atoms with Crippen LogP contribution in [0.5, 0.6) is 5.75 Å². The lowest BCUT2D eigenvalue weighted by atomic mass is 10.2. The predicted molar refractivity (Wildman–Crippen MR) is 123 cm³/mol. The number of carbonyl (C=O) groups excluding carboxylic acids is 1. The second-order valence-electron chi connectivity index (χ2n) is 6.42. The van der Waals surface area contributed by atoms with E-state index in [1.165, 1.54) is 0 Å². The first-order chi connectivity index (χ1) is 13.9. The lowest BCUT2D eigenvalue weighted by Gasteiger charge is -2.12. The van der Waals surface area contributed by atoms with Crippen LogP contribution in [-0.2, 0) is 11.3 Å². The van der Waals surface area contributed by atoms with E-state index in [2.05, 4.69) is 26.6 Å². The monoisotopic (exact) mass is 492 g/mol. The molecule has 0 radical (unpaired) electrons. The molecule has 29 heavy (non-hydrogen) atoms. The Morgan fingerprint density at radius 3 is 2.45 bits per heavy atom. The quantitative estimate of drug-likeness (QED) is 0.385. The summed E-state index contributed by atoms with van der Waals surface area (Å²) in [6.07, 6.45) is 0. The molecular formula is C22H19BrCl2N2O2. The average molecular weight is 494 g/mol. The van der Waals surface area contributed by atoms with Crippen LogP contribution in [0.15, 0.2) is 65.1 Å². The van der Waals surface area contributed by atoms with E-state index >= 15 is 0 Å². The van der Waals surface area contributed by atoms with Gasteiger partial charge >= 0.3 is 0 Å². The molecule has 0 spiro atoms. The first-order valence-electron chi connectivity index (χ1n) is 8.87. The smallest absolute Gasteiger partial charge is 0.262 e. The van der Waals surface area contributed by atoms with Crippen molar-refractivity contribution in [3.63, 3.8) is 0 Å². The molecule has 0 bridgehead atoms. The van der Waals surface area contributed by atoms with Gasteiger partial charge in [-0.05, 0) is 82.5 Å². The maximum absolute atomic E-state index is 12.2. The largest absolute Gasteiger partial charge is 0.483 e. The van der Waals surface area contributed by atoms with Gasteiger partial charge in [0.05, 0.1) is 4.47 Å². The Balaban J connectivity index is 1.54. The van der Waals surface area contributed by atoms with Gasteiger partial charge in [0.25, 0.3) is 5.91 Å². The summed E-state index contributed by atoms with van der Waals surface area (Å²) in [4.78, 5) is 12.2. The van der Waals surface area contributed by atoms with E-state index in [4.69, 9.17) is 27.9 Å². The SMILES string of the molecule is Cc1ccc(Cl)cc1NC(=O)COc1ccc(CNc2ccc(Cl)cc2)cc1Br. The Morgan fingerprint density at radius 1 is 1.00 bits per heavy atom. The van der Waals surface area contributed by atoms with Gasteiger partial charge in [-0.15, -0.1) is 0 Å². The lowest BCUT2D eigenvalue weighted by Crippen LogP contribution is -2.20. The van der Waals surface area contributed by atoms with Crippen LogP contribution in [0.3, 0.4) is 0 Å². The van der Waals surface area contributed by atoms with E-state index in [0.29, 0.717) is 28.0 Å². The molecule has 0 heterocycles. The molecule has 0 aromatic heterocycles. The van der Waals surface area contributed by atoms with Crippen molar-refractivity contribution in [1.29, 1.82) is 0 Å². The maximum Gasteiger partial charge on any atom is 0.262 e. The van der Waals surface area contributed by atoms with Crippen LogP contribution >= 0.6 is 39.1 Å². The minimum Gasteiger partial charge on any atom is -0.483 e. The average Bonchev–Trinajstić information content (AvgIpc) is 2.69. The van der Waals surface area contributed by atoms with Crippen molar-refractivity contribution in [2.45, 2.75) is 13.5 Å². The standard InChI is InChI=1S/C22H19BrCl2N2O2/c1-14-2-4-17(25)11-20(14)27-22(28)13-29-21-9-3-15(10-19(21)23)12-26-18-7-5-16(24)6-8-18/h2-11,26H,12-13H2,1H3,(H,27,28). The van der Waals surface area contributed by atoms with Gasteiger partial charge in [-0.3, -0.25) is 4.79 Å². The summed E-state index contributed by atoms with van der Waals surface area (Å²) in [5, 5.41) is 7.41. The molecule has 0 aliphatic heterocycles. The Morgan fingerprint density at radius 2 is 1.72 bits per heavy atom. The number of hydrogen-bond donors (Lipinski definition) is 2.